The summed E-state index contributed by atoms with van der Waals surface area (Å²) < 4.78 is 18.4. The topological polar surface area (TPSA) is 74.6 Å². The van der Waals surface area contributed by atoms with Gasteiger partial charge in [-0.05, 0) is 49.1 Å². The van der Waals surface area contributed by atoms with Gasteiger partial charge < -0.3 is 24.1 Å². The van der Waals surface area contributed by atoms with Crippen LogP contribution < -0.4 is 19.5 Å². The fourth-order valence-corrected chi connectivity index (χ4v) is 4.04. The molecule has 0 saturated carbocycles. The Hall–Kier alpha value is -3.48. The monoisotopic (exact) mass is 435 g/mol. The largest absolute Gasteiger partial charge is 0.493 e. The standard InChI is InChI=1S/C25H29N3O4/c1-30-21-14-17(15-22(31-2)25(21)32-3)7-12-24(29)26-19-10-8-18(9-11-19)20-16-28-13-5-4-6-23(28)27-20/h8-11,14-16H,4-7,12-13H2,1-3H3,(H,26,29). The van der Waals surface area contributed by atoms with Crippen LogP contribution in [0.15, 0.2) is 42.6 Å². The molecule has 0 atom stereocenters. The SMILES string of the molecule is COc1cc(CCC(=O)Nc2ccc(-c3cn4c(n3)CCCC4)cc2)cc(OC)c1OC. The number of nitrogens with zero attached hydrogens (tertiary/aromatic N) is 2. The second kappa shape index (κ2) is 9.77. The second-order valence-corrected chi connectivity index (χ2v) is 7.85. The number of imidazole rings is 1. The van der Waals surface area contributed by atoms with Gasteiger partial charge in [0.25, 0.3) is 0 Å². The summed E-state index contributed by atoms with van der Waals surface area (Å²) in [6.45, 7) is 1.04. The zero-order chi connectivity index (χ0) is 22.5. The number of aryl methyl sites for hydroxylation is 3. The summed E-state index contributed by atoms with van der Waals surface area (Å²) in [4.78, 5) is 17.3. The zero-order valence-electron chi connectivity index (χ0n) is 18.8. The predicted octanol–water partition coefficient (Wildman–Crippen LogP) is 4.48. The maximum absolute atomic E-state index is 12.5. The minimum atomic E-state index is -0.0519. The number of aromatic nitrogens is 2. The van der Waals surface area contributed by atoms with Crippen molar-refractivity contribution < 1.29 is 19.0 Å². The lowest BCUT2D eigenvalue weighted by Gasteiger charge is -2.14. The molecule has 0 radical (unpaired) electrons. The summed E-state index contributed by atoms with van der Waals surface area (Å²) in [5.74, 6) is 2.82. The van der Waals surface area contributed by atoms with E-state index in [1.807, 2.05) is 36.4 Å². The van der Waals surface area contributed by atoms with E-state index in [1.54, 1.807) is 21.3 Å². The number of fused-ring (bicyclic) bond motifs is 1. The van der Waals surface area contributed by atoms with Crippen molar-refractivity contribution >= 4 is 11.6 Å². The third-order valence-electron chi connectivity index (χ3n) is 5.74. The lowest BCUT2D eigenvalue weighted by molar-refractivity contribution is -0.116. The maximum Gasteiger partial charge on any atom is 0.224 e. The minimum absolute atomic E-state index is 0.0519. The molecular formula is C25H29N3O4. The lowest BCUT2D eigenvalue weighted by atomic mass is 10.1. The van der Waals surface area contributed by atoms with E-state index in [0.29, 0.717) is 30.1 Å². The summed E-state index contributed by atoms with van der Waals surface area (Å²) in [6.07, 6.45) is 6.48. The van der Waals surface area contributed by atoms with Crippen molar-refractivity contribution in [3.05, 3.63) is 54.0 Å². The number of rotatable bonds is 8. The Balaban J connectivity index is 1.37. The van der Waals surface area contributed by atoms with Crippen LogP contribution in [0.1, 0.15) is 30.7 Å². The molecule has 1 aliphatic rings. The minimum Gasteiger partial charge on any atom is -0.493 e. The van der Waals surface area contributed by atoms with Gasteiger partial charge in [-0.1, -0.05) is 12.1 Å². The smallest absolute Gasteiger partial charge is 0.224 e. The molecule has 1 aliphatic heterocycles. The Labute approximate surface area is 188 Å². The highest BCUT2D eigenvalue weighted by Gasteiger charge is 2.15. The van der Waals surface area contributed by atoms with Gasteiger partial charge in [0.1, 0.15) is 5.82 Å². The predicted molar refractivity (Wildman–Crippen MR) is 124 cm³/mol. The Morgan fingerprint density at radius 1 is 1.03 bits per heavy atom. The van der Waals surface area contributed by atoms with Crippen LogP contribution in [0.25, 0.3) is 11.3 Å². The highest BCUT2D eigenvalue weighted by molar-refractivity contribution is 5.91. The van der Waals surface area contributed by atoms with Crippen molar-refractivity contribution in [1.82, 2.24) is 9.55 Å². The van der Waals surface area contributed by atoms with Gasteiger partial charge in [0.05, 0.1) is 27.0 Å². The van der Waals surface area contributed by atoms with E-state index in [0.717, 1.165) is 41.3 Å². The molecule has 7 heteroatoms. The van der Waals surface area contributed by atoms with E-state index in [2.05, 4.69) is 16.1 Å². The molecular weight excluding hydrogens is 406 g/mol. The number of carbonyl (C=O) groups excluding carboxylic acids is 1. The zero-order valence-corrected chi connectivity index (χ0v) is 18.8. The number of carbonyl (C=O) groups is 1. The van der Waals surface area contributed by atoms with Crippen molar-refractivity contribution in [3.63, 3.8) is 0 Å². The van der Waals surface area contributed by atoms with Gasteiger partial charge in [-0.3, -0.25) is 4.79 Å². The van der Waals surface area contributed by atoms with Gasteiger partial charge in [0.15, 0.2) is 11.5 Å². The van der Waals surface area contributed by atoms with Crippen LogP contribution in [-0.4, -0.2) is 36.8 Å². The van der Waals surface area contributed by atoms with Crippen LogP contribution in [0.4, 0.5) is 5.69 Å². The van der Waals surface area contributed by atoms with E-state index < -0.39 is 0 Å². The van der Waals surface area contributed by atoms with Crippen molar-refractivity contribution in [2.45, 2.75) is 38.6 Å². The molecule has 3 aromatic rings. The van der Waals surface area contributed by atoms with Crippen molar-refractivity contribution in [2.75, 3.05) is 26.6 Å². The number of nitrogens with one attached hydrogen (secondary N) is 1. The highest BCUT2D eigenvalue weighted by atomic mass is 16.5. The molecule has 1 aromatic heterocycles. The van der Waals surface area contributed by atoms with Crippen molar-refractivity contribution in [3.8, 4) is 28.5 Å². The molecule has 0 unspecified atom stereocenters. The Kier molecular flexibility index (Phi) is 6.63. The number of amides is 1. The van der Waals surface area contributed by atoms with Gasteiger partial charge in [-0.15, -0.1) is 0 Å². The van der Waals surface area contributed by atoms with Crippen LogP contribution in [0.5, 0.6) is 17.2 Å². The average molecular weight is 436 g/mol. The van der Waals surface area contributed by atoms with E-state index in [4.69, 9.17) is 19.2 Å². The maximum atomic E-state index is 12.5. The normalized spacial score (nSPS) is 12.7. The molecule has 1 amide bonds. The first-order chi connectivity index (χ1) is 15.6. The average Bonchev–Trinajstić information content (AvgIpc) is 3.26. The Morgan fingerprint density at radius 3 is 2.38 bits per heavy atom. The molecule has 0 spiro atoms. The highest BCUT2D eigenvalue weighted by Crippen LogP contribution is 2.38. The molecule has 7 nitrogen and oxygen atoms in total. The fourth-order valence-electron chi connectivity index (χ4n) is 4.04. The first-order valence-electron chi connectivity index (χ1n) is 10.9. The quantitative estimate of drug-likeness (QED) is 0.565. The number of hydrogen-bond donors (Lipinski definition) is 1. The molecule has 4 rings (SSSR count). The second-order valence-electron chi connectivity index (χ2n) is 7.85. The summed E-state index contributed by atoms with van der Waals surface area (Å²) in [6, 6.07) is 11.6. The van der Waals surface area contributed by atoms with Gasteiger partial charge in [0.2, 0.25) is 11.7 Å². The summed E-state index contributed by atoms with van der Waals surface area (Å²) in [7, 11) is 4.73. The first kappa shape index (κ1) is 21.7. The molecule has 0 fully saturated rings. The van der Waals surface area contributed by atoms with Gasteiger partial charge in [-0.2, -0.15) is 0 Å². The summed E-state index contributed by atoms with van der Waals surface area (Å²) >= 11 is 0. The van der Waals surface area contributed by atoms with Crippen LogP contribution in [-0.2, 0) is 24.2 Å². The third-order valence-corrected chi connectivity index (χ3v) is 5.74. The molecule has 2 heterocycles. The van der Waals surface area contributed by atoms with Crippen molar-refractivity contribution in [1.29, 1.82) is 0 Å². The van der Waals surface area contributed by atoms with E-state index >= 15 is 0 Å². The molecule has 0 saturated heterocycles. The van der Waals surface area contributed by atoms with Gasteiger partial charge in [-0.25, -0.2) is 4.98 Å². The van der Waals surface area contributed by atoms with Crippen molar-refractivity contribution in [2.24, 2.45) is 0 Å². The molecule has 0 bridgehead atoms. The van der Waals surface area contributed by atoms with Crippen LogP contribution in [0.3, 0.4) is 0 Å². The van der Waals surface area contributed by atoms with Crippen LogP contribution in [0, 0.1) is 0 Å². The van der Waals surface area contributed by atoms with E-state index in [-0.39, 0.29) is 5.91 Å². The van der Waals surface area contributed by atoms with E-state index in [1.165, 1.54) is 12.8 Å². The summed E-state index contributed by atoms with van der Waals surface area (Å²) in [5, 5.41) is 2.97. The number of benzene rings is 2. The fraction of sp³-hybridized carbons (Fsp3) is 0.360. The number of hydrogen-bond acceptors (Lipinski definition) is 5. The number of methoxy groups -OCH3 is 3. The first-order valence-corrected chi connectivity index (χ1v) is 10.9. The summed E-state index contributed by atoms with van der Waals surface area (Å²) in [5.41, 5.74) is 3.76. The molecule has 32 heavy (non-hydrogen) atoms. The molecule has 168 valence electrons. The Bertz CT molecular complexity index is 1040. The number of ether oxygens (including phenoxy) is 3. The Morgan fingerprint density at radius 2 is 1.75 bits per heavy atom. The molecule has 0 aliphatic carbocycles. The van der Waals surface area contributed by atoms with Crippen LogP contribution >= 0.6 is 0 Å². The van der Waals surface area contributed by atoms with Crippen LogP contribution in [0.2, 0.25) is 0 Å². The lowest BCUT2D eigenvalue weighted by Crippen LogP contribution is -2.12. The van der Waals surface area contributed by atoms with Gasteiger partial charge in [0, 0.05) is 36.8 Å². The molecule has 2 aromatic carbocycles. The van der Waals surface area contributed by atoms with Gasteiger partial charge >= 0.3 is 0 Å². The number of anilines is 1. The molecule has 1 N–H and O–H groups in total. The third kappa shape index (κ3) is 4.72. The van der Waals surface area contributed by atoms with E-state index in [9.17, 15) is 4.79 Å².